The molecule has 5 unspecified atom stereocenters. The largest absolute Gasteiger partial charge is 0.507 e. The van der Waals surface area contributed by atoms with Gasteiger partial charge in [-0.05, 0) is 36.4 Å². The van der Waals surface area contributed by atoms with Gasteiger partial charge in [0.15, 0.2) is 18.8 Å². The number of hydrogen-bond donors (Lipinski definition) is 1. The number of esters is 4. The van der Waals surface area contributed by atoms with Crippen molar-refractivity contribution >= 4 is 29.7 Å². The maximum Gasteiger partial charge on any atom is 0.305 e. The molecule has 232 valence electrons. The number of aromatic hydroxyl groups is 1. The standard InChI is InChI=1S/C29H32O14/c1-15(30)39-26-25(43-29(42-18(4)33)28(41-17(3)32)27(26)40-16(2)31)14-38-21-10-11-22(23(34)12-21)24(35)13-37-20-8-6-19(36-5)7-9-20/h6-12,25-29,34H,13-14H2,1-5H3. The second-order valence-corrected chi connectivity index (χ2v) is 9.25. The van der Waals surface area contributed by atoms with Crippen LogP contribution < -0.4 is 14.2 Å². The summed E-state index contributed by atoms with van der Waals surface area (Å²) in [6.45, 7) is 3.63. The number of phenolic OH excluding ortho intramolecular Hbond substituents is 1. The summed E-state index contributed by atoms with van der Waals surface area (Å²) in [6.07, 6.45) is -7.03. The molecule has 1 fully saturated rings. The molecule has 0 saturated carbocycles. The summed E-state index contributed by atoms with van der Waals surface area (Å²) in [5.41, 5.74) is -0.0263. The zero-order valence-corrected chi connectivity index (χ0v) is 24.1. The predicted octanol–water partition coefficient (Wildman–Crippen LogP) is 2.12. The molecule has 1 heterocycles. The third-order valence-electron chi connectivity index (χ3n) is 5.89. The second-order valence-electron chi connectivity index (χ2n) is 9.25. The lowest BCUT2D eigenvalue weighted by molar-refractivity contribution is -0.298. The van der Waals surface area contributed by atoms with Crippen molar-refractivity contribution in [1.82, 2.24) is 0 Å². The lowest BCUT2D eigenvalue weighted by Gasteiger charge is -2.43. The highest BCUT2D eigenvalue weighted by atomic mass is 16.7. The highest BCUT2D eigenvalue weighted by Gasteiger charge is 2.53. The number of carbonyl (C=O) groups is 5. The maximum atomic E-state index is 12.6. The van der Waals surface area contributed by atoms with Gasteiger partial charge >= 0.3 is 23.9 Å². The zero-order chi connectivity index (χ0) is 31.7. The van der Waals surface area contributed by atoms with Crippen LogP contribution in [0.1, 0.15) is 38.1 Å². The molecule has 0 spiro atoms. The van der Waals surface area contributed by atoms with E-state index in [0.29, 0.717) is 11.5 Å². The molecule has 2 aromatic carbocycles. The Labute approximate surface area is 246 Å². The monoisotopic (exact) mass is 604 g/mol. The number of hydrogen-bond acceptors (Lipinski definition) is 14. The maximum absolute atomic E-state index is 12.6. The predicted molar refractivity (Wildman–Crippen MR) is 144 cm³/mol. The van der Waals surface area contributed by atoms with Crippen LogP contribution in [-0.4, -0.2) is 85.8 Å². The molecular weight excluding hydrogens is 572 g/mol. The first-order chi connectivity index (χ1) is 20.4. The van der Waals surface area contributed by atoms with E-state index < -0.39 is 66.1 Å². The summed E-state index contributed by atoms with van der Waals surface area (Å²) in [7, 11) is 1.52. The molecule has 0 amide bonds. The van der Waals surface area contributed by atoms with Crippen molar-refractivity contribution in [2.24, 2.45) is 0 Å². The average molecular weight is 605 g/mol. The van der Waals surface area contributed by atoms with Gasteiger partial charge in [-0.2, -0.15) is 0 Å². The third-order valence-corrected chi connectivity index (χ3v) is 5.89. The number of rotatable bonds is 12. The zero-order valence-electron chi connectivity index (χ0n) is 24.1. The van der Waals surface area contributed by atoms with Gasteiger partial charge in [-0.25, -0.2) is 0 Å². The van der Waals surface area contributed by atoms with Gasteiger partial charge in [0.1, 0.15) is 35.7 Å². The highest BCUT2D eigenvalue weighted by Crippen LogP contribution is 2.31. The van der Waals surface area contributed by atoms with Crippen molar-refractivity contribution in [3.8, 4) is 23.0 Å². The van der Waals surface area contributed by atoms with E-state index in [-0.39, 0.29) is 24.5 Å². The lowest BCUT2D eigenvalue weighted by atomic mass is 9.98. The Morgan fingerprint density at radius 3 is 1.79 bits per heavy atom. The molecule has 2 aromatic rings. The summed E-state index contributed by atoms with van der Waals surface area (Å²) in [5, 5.41) is 10.5. The van der Waals surface area contributed by atoms with E-state index in [0.717, 1.165) is 27.7 Å². The molecule has 5 atom stereocenters. The number of phenols is 1. The van der Waals surface area contributed by atoms with Crippen molar-refractivity contribution in [1.29, 1.82) is 0 Å². The van der Waals surface area contributed by atoms with Crippen LogP contribution in [0.3, 0.4) is 0 Å². The fraction of sp³-hybridized carbons (Fsp3) is 0.414. The van der Waals surface area contributed by atoms with Crippen LogP contribution in [0.5, 0.6) is 23.0 Å². The molecule has 3 rings (SSSR count). The van der Waals surface area contributed by atoms with Crippen LogP contribution in [0.4, 0.5) is 0 Å². The van der Waals surface area contributed by atoms with E-state index in [1.807, 2.05) is 0 Å². The number of ketones is 1. The topological polar surface area (TPSA) is 179 Å². The molecule has 1 aliphatic rings. The Kier molecular flexibility index (Phi) is 11.3. The average Bonchev–Trinajstić information content (AvgIpc) is 2.93. The van der Waals surface area contributed by atoms with Crippen molar-refractivity contribution in [2.75, 3.05) is 20.3 Å². The smallest absolute Gasteiger partial charge is 0.305 e. The number of benzene rings is 2. The van der Waals surface area contributed by atoms with Gasteiger partial charge in [-0.3, -0.25) is 24.0 Å². The number of carbonyl (C=O) groups excluding carboxylic acids is 5. The molecule has 0 bridgehead atoms. The summed E-state index contributed by atoms with van der Waals surface area (Å²) in [4.78, 5) is 60.0. The molecule has 14 heteroatoms. The van der Waals surface area contributed by atoms with Crippen LogP contribution in [0, 0.1) is 0 Å². The van der Waals surface area contributed by atoms with E-state index in [1.165, 1.54) is 25.3 Å². The van der Waals surface area contributed by atoms with Gasteiger partial charge in [0, 0.05) is 33.8 Å². The third kappa shape index (κ3) is 9.33. The van der Waals surface area contributed by atoms with E-state index >= 15 is 0 Å². The van der Waals surface area contributed by atoms with Crippen LogP contribution >= 0.6 is 0 Å². The summed E-state index contributed by atoms with van der Waals surface area (Å²) in [6, 6.07) is 10.5. The number of Topliss-reactive ketones (excluding diaryl/α,β-unsaturated/α-hetero) is 1. The summed E-state index contributed by atoms with van der Waals surface area (Å²) < 4.78 is 43.1. The minimum atomic E-state index is -1.55. The number of ether oxygens (including phenoxy) is 8. The van der Waals surface area contributed by atoms with Crippen molar-refractivity contribution in [3.05, 3.63) is 48.0 Å². The minimum absolute atomic E-state index is 0.0263. The molecule has 0 aromatic heterocycles. The Balaban J connectivity index is 1.76. The van der Waals surface area contributed by atoms with Gasteiger partial charge in [0.25, 0.3) is 0 Å². The first-order valence-corrected chi connectivity index (χ1v) is 13.0. The van der Waals surface area contributed by atoms with Crippen molar-refractivity contribution < 1.29 is 67.0 Å². The summed E-state index contributed by atoms with van der Waals surface area (Å²) >= 11 is 0. The lowest BCUT2D eigenvalue weighted by Crippen LogP contribution is -2.63. The van der Waals surface area contributed by atoms with Crippen LogP contribution in [0.15, 0.2) is 42.5 Å². The molecular formula is C29H32O14. The van der Waals surface area contributed by atoms with Crippen molar-refractivity contribution in [3.63, 3.8) is 0 Å². The highest BCUT2D eigenvalue weighted by molar-refractivity contribution is 5.99. The molecule has 0 aliphatic carbocycles. The Hall–Kier alpha value is -4.85. The number of methoxy groups -OCH3 is 1. The van der Waals surface area contributed by atoms with Gasteiger partial charge in [-0.15, -0.1) is 0 Å². The van der Waals surface area contributed by atoms with Gasteiger partial charge in [0.2, 0.25) is 18.2 Å². The molecule has 0 radical (unpaired) electrons. The molecule has 14 nitrogen and oxygen atoms in total. The molecule has 1 aliphatic heterocycles. The van der Waals surface area contributed by atoms with Gasteiger partial charge < -0.3 is 43.0 Å². The fourth-order valence-electron chi connectivity index (χ4n) is 4.16. The van der Waals surface area contributed by atoms with Crippen molar-refractivity contribution in [2.45, 2.75) is 58.4 Å². The van der Waals surface area contributed by atoms with Gasteiger partial charge in [-0.1, -0.05) is 0 Å². The van der Waals surface area contributed by atoms with Crippen LogP contribution in [0.25, 0.3) is 0 Å². The first-order valence-electron chi connectivity index (χ1n) is 13.0. The molecule has 1 N–H and O–H groups in total. The fourth-order valence-corrected chi connectivity index (χ4v) is 4.16. The Morgan fingerprint density at radius 2 is 1.23 bits per heavy atom. The van der Waals surface area contributed by atoms with E-state index in [4.69, 9.17) is 37.9 Å². The van der Waals surface area contributed by atoms with Gasteiger partial charge in [0.05, 0.1) is 12.7 Å². The molecule has 1 saturated heterocycles. The molecule has 43 heavy (non-hydrogen) atoms. The van der Waals surface area contributed by atoms with E-state index in [1.54, 1.807) is 24.3 Å². The Bertz CT molecular complexity index is 1320. The van der Waals surface area contributed by atoms with E-state index in [2.05, 4.69) is 0 Å². The SMILES string of the molecule is COc1ccc(OCC(=O)c2ccc(OCC3OC(OC(C)=O)C(OC(C)=O)C(OC(C)=O)C3OC(C)=O)cc2O)cc1. The second kappa shape index (κ2) is 14.9. The van der Waals surface area contributed by atoms with Crippen LogP contribution in [0.2, 0.25) is 0 Å². The first kappa shape index (κ1) is 32.7. The normalized spacial score (nSPS) is 21.1. The van der Waals surface area contributed by atoms with Crippen LogP contribution in [-0.2, 0) is 42.9 Å². The van der Waals surface area contributed by atoms with E-state index in [9.17, 15) is 29.1 Å². The minimum Gasteiger partial charge on any atom is -0.507 e. The summed E-state index contributed by atoms with van der Waals surface area (Å²) in [5.74, 6) is -2.94. The Morgan fingerprint density at radius 1 is 0.698 bits per heavy atom. The quantitative estimate of drug-likeness (QED) is 0.211.